The second-order valence-electron chi connectivity index (χ2n) is 17.5. The summed E-state index contributed by atoms with van der Waals surface area (Å²) >= 11 is 6.24. The number of piperazine rings is 1. The van der Waals surface area contributed by atoms with Crippen molar-refractivity contribution in [1.29, 1.82) is 0 Å². The third kappa shape index (κ3) is 10.3. The fraction of sp³-hybridized carbons (Fsp3) is 0.378. The van der Waals surface area contributed by atoms with Gasteiger partial charge in [0.2, 0.25) is 0 Å². The second-order valence-corrected chi connectivity index (χ2v) is 21.9. The first-order chi connectivity index (χ1) is 29.9. The lowest BCUT2D eigenvalue weighted by molar-refractivity contribution is -0.386. The molecule has 0 saturated carbocycles. The average Bonchev–Trinajstić information content (AvgIpc) is 3.71. The van der Waals surface area contributed by atoms with Crippen molar-refractivity contribution in [2.24, 2.45) is 11.3 Å². The Bertz CT molecular complexity index is 2840. The maximum atomic E-state index is 14.0. The summed E-state index contributed by atoms with van der Waals surface area (Å²) in [5, 5.41) is 13.7. The van der Waals surface area contributed by atoms with Crippen LogP contribution in [-0.4, -0.2) is 93.9 Å². The smallest absolute Gasteiger partial charge is 0.277 e. The molecular weight excluding hydrogens is 868 g/mol. The first-order valence-electron chi connectivity index (χ1n) is 20.8. The molecule has 2 aliphatic heterocycles. The highest BCUT2D eigenvalue weighted by molar-refractivity contribution is 7.90. The minimum absolute atomic E-state index is 0.0184. The van der Waals surface area contributed by atoms with Crippen LogP contribution in [0.25, 0.3) is 16.6 Å². The minimum Gasteiger partial charge on any atom is -0.493 e. The Kier molecular flexibility index (Phi) is 12.3. The van der Waals surface area contributed by atoms with Gasteiger partial charge in [-0.15, -0.1) is 0 Å². The molecule has 1 aliphatic carbocycles. The molecule has 3 aliphatic rings. The van der Waals surface area contributed by atoms with Crippen LogP contribution in [0.1, 0.15) is 61.0 Å². The van der Waals surface area contributed by atoms with E-state index in [-0.39, 0.29) is 59.2 Å². The zero-order valence-corrected chi connectivity index (χ0v) is 37.6. The van der Waals surface area contributed by atoms with E-state index in [1.54, 1.807) is 24.4 Å². The molecule has 2 aromatic heterocycles. The molecule has 1 amide bonds. The quantitative estimate of drug-likeness (QED) is 0.0861. The SMILES string of the molecule is CC1(C)CCC(CN2CCN(c3ccc(C(=O)NS(=O)(=O)c4cc5c(c([N+](=O)[O-])c4)C[C@@H](CCS(C)(=O)=O)CO5)c(Oc4cnc5[nH]ccc5c4)c3)CC2)=C(c2ccc(Cl)cc2)C1. The fourth-order valence-corrected chi connectivity index (χ4v) is 10.5. The van der Waals surface area contributed by atoms with E-state index < -0.39 is 41.3 Å². The number of nitro groups is 1. The highest BCUT2D eigenvalue weighted by atomic mass is 35.5. The van der Waals surface area contributed by atoms with E-state index in [9.17, 15) is 31.7 Å². The van der Waals surface area contributed by atoms with Gasteiger partial charge in [0.15, 0.2) is 0 Å². The highest BCUT2D eigenvalue weighted by Crippen LogP contribution is 2.44. The molecule has 332 valence electrons. The molecule has 4 heterocycles. The summed E-state index contributed by atoms with van der Waals surface area (Å²) in [6, 6.07) is 18.7. The number of sulfone groups is 1. The Hall–Kier alpha value is -5.49. The van der Waals surface area contributed by atoms with Crippen LogP contribution in [0.2, 0.25) is 5.02 Å². The van der Waals surface area contributed by atoms with E-state index >= 15 is 0 Å². The molecule has 2 N–H and O–H groups in total. The molecule has 18 heteroatoms. The van der Waals surface area contributed by atoms with Crippen molar-refractivity contribution in [3.63, 3.8) is 0 Å². The Labute approximate surface area is 371 Å². The van der Waals surface area contributed by atoms with Gasteiger partial charge in [0.25, 0.3) is 21.6 Å². The number of sulfonamides is 1. The van der Waals surface area contributed by atoms with Crippen LogP contribution < -0.4 is 19.1 Å². The second kappa shape index (κ2) is 17.6. The predicted molar refractivity (Wildman–Crippen MR) is 242 cm³/mol. The van der Waals surface area contributed by atoms with Crippen molar-refractivity contribution in [1.82, 2.24) is 19.6 Å². The van der Waals surface area contributed by atoms with Gasteiger partial charge in [0.1, 0.15) is 32.7 Å². The molecule has 3 aromatic carbocycles. The Morgan fingerprint density at radius 1 is 1.05 bits per heavy atom. The normalized spacial score (nSPS) is 18.2. The van der Waals surface area contributed by atoms with Gasteiger partial charge in [-0.3, -0.25) is 19.8 Å². The van der Waals surface area contributed by atoms with Crippen LogP contribution in [0.3, 0.4) is 0 Å². The molecule has 1 saturated heterocycles. The highest BCUT2D eigenvalue weighted by Gasteiger charge is 2.33. The van der Waals surface area contributed by atoms with E-state index in [0.717, 1.165) is 68.4 Å². The van der Waals surface area contributed by atoms with Gasteiger partial charge in [-0.2, -0.15) is 0 Å². The van der Waals surface area contributed by atoms with E-state index in [1.165, 1.54) is 29.0 Å². The maximum absolute atomic E-state index is 14.0. The van der Waals surface area contributed by atoms with E-state index in [0.29, 0.717) is 29.5 Å². The van der Waals surface area contributed by atoms with E-state index in [4.69, 9.17) is 21.1 Å². The summed E-state index contributed by atoms with van der Waals surface area (Å²) in [7, 11) is -7.97. The summed E-state index contributed by atoms with van der Waals surface area (Å²) in [5.41, 5.74) is 5.25. The lowest BCUT2D eigenvalue weighted by Crippen LogP contribution is -2.47. The molecule has 1 fully saturated rings. The van der Waals surface area contributed by atoms with Crippen LogP contribution >= 0.6 is 11.6 Å². The van der Waals surface area contributed by atoms with Crippen LogP contribution in [0, 0.1) is 21.4 Å². The third-order valence-electron chi connectivity index (χ3n) is 12.1. The number of anilines is 1. The van der Waals surface area contributed by atoms with Gasteiger partial charge in [-0.05, 0) is 91.0 Å². The molecular formula is C45H49ClN6O9S2. The molecule has 63 heavy (non-hydrogen) atoms. The number of H-pyrrole nitrogens is 1. The van der Waals surface area contributed by atoms with E-state index in [1.807, 2.05) is 18.2 Å². The number of amides is 1. The third-order valence-corrected chi connectivity index (χ3v) is 14.6. The summed E-state index contributed by atoms with van der Waals surface area (Å²) in [5.74, 6) is -1.07. The van der Waals surface area contributed by atoms with Gasteiger partial charge in [0, 0.05) is 79.5 Å². The number of aromatic nitrogens is 2. The lowest BCUT2D eigenvalue weighted by Gasteiger charge is -2.39. The Balaban J connectivity index is 1.02. The molecule has 0 radical (unpaired) electrons. The van der Waals surface area contributed by atoms with Crippen molar-refractivity contribution in [3.05, 3.63) is 117 Å². The summed E-state index contributed by atoms with van der Waals surface area (Å²) in [4.78, 5) is 37.0. The minimum atomic E-state index is -4.69. The van der Waals surface area contributed by atoms with Crippen molar-refractivity contribution >= 4 is 65.3 Å². The first kappa shape index (κ1) is 44.1. The molecule has 0 unspecified atom stereocenters. The standard InChI is InChI=1S/C45H49ClN6O9S2/c1-45(2)13-10-32(39(25-45)30-4-6-33(46)7-5-30)27-50-15-17-51(18-16-50)34-8-9-37(42(22-34)61-35-21-31-11-14-47-43(31)48-26-35)44(53)49-63(58,59)36-23-40(52(54)55)38-20-29(12-19-62(3,56)57)28-60-41(38)24-36/h4-9,11,14,21-24,26,29H,10,12-13,15-20,25,27-28H2,1-3H3,(H,47,48)(H,49,53)/t29-/m1/s1. The number of fused-ring (bicyclic) bond motifs is 2. The molecule has 0 bridgehead atoms. The van der Waals surface area contributed by atoms with Crippen LogP contribution in [-0.2, 0) is 26.3 Å². The number of hydrogen-bond donors (Lipinski definition) is 2. The topological polar surface area (TPSA) is 194 Å². The first-order valence-corrected chi connectivity index (χ1v) is 24.7. The number of halogens is 1. The predicted octanol–water partition coefficient (Wildman–Crippen LogP) is 7.81. The summed E-state index contributed by atoms with van der Waals surface area (Å²) < 4.78 is 65.3. The van der Waals surface area contributed by atoms with Gasteiger partial charge in [0.05, 0.1) is 39.5 Å². The number of rotatable bonds is 13. The monoisotopic (exact) mass is 916 g/mol. The number of aromatic amines is 1. The lowest BCUT2D eigenvalue weighted by atomic mass is 9.72. The number of allylic oxidation sites excluding steroid dienone is 1. The van der Waals surface area contributed by atoms with Crippen LogP contribution in [0.5, 0.6) is 17.2 Å². The zero-order chi connectivity index (χ0) is 44.7. The van der Waals surface area contributed by atoms with Crippen molar-refractivity contribution < 1.29 is 36.0 Å². The number of ether oxygens (including phenoxy) is 2. The number of nitrogens with one attached hydrogen (secondary N) is 2. The zero-order valence-electron chi connectivity index (χ0n) is 35.2. The van der Waals surface area contributed by atoms with Crippen molar-refractivity contribution in [2.45, 2.75) is 50.8 Å². The largest absolute Gasteiger partial charge is 0.493 e. The molecule has 1 atom stereocenters. The molecule has 5 aromatic rings. The summed E-state index contributed by atoms with van der Waals surface area (Å²) in [6.07, 6.45) is 7.85. The molecule has 15 nitrogen and oxygen atoms in total. The number of carbonyl (C=O) groups excluding carboxylic acids is 1. The maximum Gasteiger partial charge on any atom is 0.277 e. The Morgan fingerprint density at radius 2 is 1.81 bits per heavy atom. The molecule has 8 rings (SSSR count). The molecule has 0 spiro atoms. The van der Waals surface area contributed by atoms with Crippen LogP contribution in [0.15, 0.2) is 89.6 Å². The van der Waals surface area contributed by atoms with Crippen molar-refractivity contribution in [2.75, 3.05) is 56.2 Å². The number of hydrogen-bond acceptors (Lipinski definition) is 12. The number of pyridine rings is 1. The van der Waals surface area contributed by atoms with Crippen molar-refractivity contribution in [3.8, 4) is 17.2 Å². The van der Waals surface area contributed by atoms with Gasteiger partial charge in [-0.1, -0.05) is 43.2 Å². The number of benzene rings is 3. The Morgan fingerprint density at radius 3 is 2.54 bits per heavy atom. The summed E-state index contributed by atoms with van der Waals surface area (Å²) in [6.45, 7) is 8.54. The number of nitro benzene ring substituents is 1. The van der Waals surface area contributed by atoms with Gasteiger partial charge in [-0.25, -0.2) is 26.5 Å². The van der Waals surface area contributed by atoms with Gasteiger partial charge < -0.3 is 19.4 Å². The number of nitrogens with zero attached hydrogens (tertiary/aromatic N) is 4. The van der Waals surface area contributed by atoms with Crippen LogP contribution in [0.4, 0.5) is 11.4 Å². The van der Waals surface area contributed by atoms with Gasteiger partial charge >= 0.3 is 0 Å². The number of carbonyl (C=O) groups is 1. The van der Waals surface area contributed by atoms with E-state index in [2.05, 4.69) is 50.5 Å². The average molecular weight is 918 g/mol. The fourth-order valence-electron chi connectivity index (χ4n) is 8.60.